The molecule has 17 heavy (non-hydrogen) atoms. The van der Waals surface area contributed by atoms with Crippen molar-refractivity contribution >= 4 is 17.0 Å². The molecule has 1 atom stereocenters. The number of hydrogen-bond acceptors (Lipinski definition) is 3. The molecule has 0 amide bonds. The molecule has 0 aliphatic carbocycles. The lowest BCUT2D eigenvalue weighted by Gasteiger charge is -2.12. The van der Waals surface area contributed by atoms with E-state index < -0.39 is 0 Å². The molecule has 0 aliphatic heterocycles. The largest absolute Gasteiger partial charge is 0.497 e. The topological polar surface area (TPSA) is 21.3 Å². The molecule has 0 unspecified atom stereocenters. The molecule has 1 N–H and O–H groups in total. The van der Waals surface area contributed by atoms with Crippen LogP contribution in [0.25, 0.3) is 0 Å². The van der Waals surface area contributed by atoms with Crippen LogP contribution in [0.15, 0.2) is 41.8 Å². The maximum atomic E-state index is 5.13. The molecule has 0 radical (unpaired) electrons. The quantitative estimate of drug-likeness (QED) is 0.863. The summed E-state index contributed by atoms with van der Waals surface area (Å²) < 4.78 is 5.13. The van der Waals surface area contributed by atoms with Crippen LogP contribution in [-0.4, -0.2) is 13.7 Å². The van der Waals surface area contributed by atoms with Crippen LogP contribution in [0.4, 0.5) is 5.69 Å². The second-order valence-electron chi connectivity index (χ2n) is 4.03. The summed E-state index contributed by atoms with van der Waals surface area (Å²) >= 11 is 1.81. The summed E-state index contributed by atoms with van der Waals surface area (Å²) in [7, 11) is 1.68. The fourth-order valence-electron chi connectivity index (χ4n) is 1.65. The second-order valence-corrected chi connectivity index (χ2v) is 5.01. The lowest BCUT2D eigenvalue weighted by Crippen LogP contribution is -2.08. The average Bonchev–Trinajstić information content (AvgIpc) is 2.90. The van der Waals surface area contributed by atoms with Crippen LogP contribution in [0.2, 0.25) is 0 Å². The lowest BCUT2D eigenvalue weighted by atomic mass is 10.1. The van der Waals surface area contributed by atoms with Crippen molar-refractivity contribution < 1.29 is 4.74 Å². The van der Waals surface area contributed by atoms with E-state index in [0.29, 0.717) is 5.92 Å². The first-order valence-electron chi connectivity index (χ1n) is 5.71. The van der Waals surface area contributed by atoms with Gasteiger partial charge in [0.15, 0.2) is 0 Å². The van der Waals surface area contributed by atoms with Crippen LogP contribution in [0.5, 0.6) is 5.75 Å². The second kappa shape index (κ2) is 5.73. The summed E-state index contributed by atoms with van der Waals surface area (Å²) in [6, 6.07) is 12.3. The van der Waals surface area contributed by atoms with Crippen molar-refractivity contribution in [2.45, 2.75) is 12.8 Å². The van der Waals surface area contributed by atoms with Crippen LogP contribution in [0.1, 0.15) is 17.7 Å². The monoisotopic (exact) mass is 247 g/mol. The van der Waals surface area contributed by atoms with Crippen molar-refractivity contribution in [3.05, 3.63) is 46.7 Å². The molecule has 2 nitrogen and oxygen atoms in total. The molecular formula is C14H17NOS. The average molecular weight is 247 g/mol. The maximum Gasteiger partial charge on any atom is 0.119 e. The highest BCUT2D eigenvalue weighted by Crippen LogP contribution is 2.22. The minimum absolute atomic E-state index is 0.539. The normalized spacial score (nSPS) is 12.1. The van der Waals surface area contributed by atoms with Gasteiger partial charge in [-0.15, -0.1) is 11.3 Å². The Morgan fingerprint density at radius 1 is 1.24 bits per heavy atom. The summed E-state index contributed by atoms with van der Waals surface area (Å²) in [5.41, 5.74) is 1.13. The zero-order valence-electron chi connectivity index (χ0n) is 10.1. The van der Waals surface area contributed by atoms with Gasteiger partial charge in [0.25, 0.3) is 0 Å². The fourth-order valence-corrected chi connectivity index (χ4v) is 2.44. The SMILES string of the molecule is COc1ccc(NC[C@H](C)c2cccs2)cc1. The van der Waals surface area contributed by atoms with Crippen molar-refractivity contribution in [2.24, 2.45) is 0 Å². The predicted molar refractivity (Wildman–Crippen MR) is 74.2 cm³/mol. The van der Waals surface area contributed by atoms with E-state index in [1.165, 1.54) is 4.88 Å². The first-order valence-corrected chi connectivity index (χ1v) is 6.59. The Morgan fingerprint density at radius 3 is 2.59 bits per heavy atom. The Hall–Kier alpha value is -1.48. The van der Waals surface area contributed by atoms with E-state index in [1.807, 2.05) is 35.6 Å². The number of hydrogen-bond donors (Lipinski definition) is 1. The molecule has 0 saturated heterocycles. The molecule has 1 aromatic heterocycles. The first-order chi connectivity index (χ1) is 8.29. The summed E-state index contributed by atoms with van der Waals surface area (Å²) in [6.07, 6.45) is 0. The van der Waals surface area contributed by atoms with Crippen molar-refractivity contribution in [1.29, 1.82) is 0 Å². The van der Waals surface area contributed by atoms with Gasteiger partial charge in [0, 0.05) is 23.0 Å². The molecule has 0 bridgehead atoms. The van der Waals surface area contributed by atoms with Gasteiger partial charge in [-0.05, 0) is 35.7 Å². The summed E-state index contributed by atoms with van der Waals surface area (Å²) in [5, 5.41) is 5.56. The van der Waals surface area contributed by atoms with Crippen LogP contribution in [0, 0.1) is 0 Å². The van der Waals surface area contributed by atoms with Gasteiger partial charge in [-0.1, -0.05) is 13.0 Å². The number of benzene rings is 1. The zero-order chi connectivity index (χ0) is 12.1. The molecular weight excluding hydrogens is 230 g/mol. The molecule has 3 heteroatoms. The van der Waals surface area contributed by atoms with Crippen LogP contribution < -0.4 is 10.1 Å². The predicted octanol–water partition coefficient (Wildman–Crippen LogP) is 3.97. The number of rotatable bonds is 5. The van der Waals surface area contributed by atoms with Crippen molar-refractivity contribution in [3.8, 4) is 5.75 Å². The molecule has 2 rings (SSSR count). The highest BCUT2D eigenvalue weighted by Gasteiger charge is 2.05. The van der Waals surface area contributed by atoms with Crippen LogP contribution in [0.3, 0.4) is 0 Å². The van der Waals surface area contributed by atoms with Gasteiger partial charge in [0.05, 0.1) is 7.11 Å². The number of nitrogens with one attached hydrogen (secondary N) is 1. The third kappa shape index (κ3) is 3.24. The molecule has 2 aromatic rings. The molecule has 0 saturated carbocycles. The minimum atomic E-state index is 0.539. The smallest absolute Gasteiger partial charge is 0.119 e. The van der Waals surface area contributed by atoms with E-state index in [-0.39, 0.29) is 0 Å². The Morgan fingerprint density at radius 2 is 2.00 bits per heavy atom. The van der Waals surface area contributed by atoms with Gasteiger partial charge in [-0.3, -0.25) is 0 Å². The van der Waals surface area contributed by atoms with Gasteiger partial charge < -0.3 is 10.1 Å². The van der Waals surface area contributed by atoms with Gasteiger partial charge >= 0.3 is 0 Å². The number of anilines is 1. The van der Waals surface area contributed by atoms with E-state index in [1.54, 1.807) is 7.11 Å². The third-order valence-corrected chi connectivity index (χ3v) is 3.84. The standard InChI is InChI=1S/C14H17NOS/c1-11(14-4-3-9-17-14)10-15-12-5-7-13(16-2)8-6-12/h3-9,11,15H,10H2,1-2H3/t11-/m0/s1. The number of ether oxygens (including phenoxy) is 1. The summed E-state index contributed by atoms with van der Waals surface area (Å²) in [4.78, 5) is 1.42. The molecule has 0 fully saturated rings. The van der Waals surface area contributed by atoms with E-state index in [9.17, 15) is 0 Å². The number of thiophene rings is 1. The minimum Gasteiger partial charge on any atom is -0.497 e. The Kier molecular flexibility index (Phi) is 4.04. The summed E-state index contributed by atoms with van der Waals surface area (Å²) in [5.74, 6) is 1.43. The maximum absolute atomic E-state index is 5.13. The molecule has 1 heterocycles. The Bertz CT molecular complexity index is 436. The summed E-state index contributed by atoms with van der Waals surface area (Å²) in [6.45, 7) is 3.19. The Labute approximate surface area is 106 Å². The highest BCUT2D eigenvalue weighted by atomic mass is 32.1. The Balaban J connectivity index is 1.89. The van der Waals surface area contributed by atoms with E-state index >= 15 is 0 Å². The van der Waals surface area contributed by atoms with Gasteiger partial charge in [-0.2, -0.15) is 0 Å². The first kappa shape index (κ1) is 12.0. The molecule has 1 aromatic carbocycles. The van der Waals surface area contributed by atoms with E-state index in [2.05, 4.69) is 29.8 Å². The number of methoxy groups -OCH3 is 1. The van der Waals surface area contributed by atoms with Crippen molar-refractivity contribution in [3.63, 3.8) is 0 Å². The van der Waals surface area contributed by atoms with E-state index in [0.717, 1.165) is 18.0 Å². The molecule has 0 spiro atoms. The van der Waals surface area contributed by atoms with Crippen molar-refractivity contribution in [2.75, 3.05) is 19.0 Å². The van der Waals surface area contributed by atoms with Crippen molar-refractivity contribution in [1.82, 2.24) is 0 Å². The highest BCUT2D eigenvalue weighted by molar-refractivity contribution is 7.10. The van der Waals surface area contributed by atoms with Gasteiger partial charge in [0.2, 0.25) is 0 Å². The molecule has 0 aliphatic rings. The lowest BCUT2D eigenvalue weighted by molar-refractivity contribution is 0.415. The molecule has 90 valence electrons. The third-order valence-electron chi connectivity index (χ3n) is 2.73. The van der Waals surface area contributed by atoms with Crippen LogP contribution >= 0.6 is 11.3 Å². The van der Waals surface area contributed by atoms with Gasteiger partial charge in [-0.25, -0.2) is 0 Å². The zero-order valence-corrected chi connectivity index (χ0v) is 11.0. The fraction of sp³-hybridized carbons (Fsp3) is 0.286. The van der Waals surface area contributed by atoms with Crippen LogP contribution in [-0.2, 0) is 0 Å². The van der Waals surface area contributed by atoms with E-state index in [4.69, 9.17) is 4.74 Å². The van der Waals surface area contributed by atoms with Gasteiger partial charge in [0.1, 0.15) is 5.75 Å².